The summed E-state index contributed by atoms with van der Waals surface area (Å²) in [4.78, 5) is 13.7. The molecule has 0 aliphatic heterocycles. The molecule has 0 fully saturated rings. The summed E-state index contributed by atoms with van der Waals surface area (Å²) in [6.45, 7) is 3.67. The highest BCUT2D eigenvalue weighted by molar-refractivity contribution is 5.90. The zero-order valence-electron chi connectivity index (χ0n) is 11.8. The van der Waals surface area contributed by atoms with Crippen LogP contribution in [0, 0.1) is 0 Å². The van der Waals surface area contributed by atoms with Gasteiger partial charge in [-0.05, 0) is 38.7 Å². The largest absolute Gasteiger partial charge is 0.490 e. The average molecular weight is 266 g/mol. The van der Waals surface area contributed by atoms with Gasteiger partial charge in [0, 0.05) is 6.54 Å². The fraction of sp³-hybridized carbons (Fsp3) is 0.500. The number of esters is 1. The second-order valence-corrected chi connectivity index (χ2v) is 4.54. The second kappa shape index (κ2) is 7.63. The van der Waals surface area contributed by atoms with Crippen LogP contribution in [-0.4, -0.2) is 44.7 Å². The summed E-state index contributed by atoms with van der Waals surface area (Å²) in [5.41, 5.74) is 6.80. The number of anilines is 1. The normalized spacial score (nSPS) is 10.5. The first kappa shape index (κ1) is 15.3. The number of rotatable bonds is 7. The first-order valence-corrected chi connectivity index (χ1v) is 6.38. The summed E-state index contributed by atoms with van der Waals surface area (Å²) in [5, 5.41) is 0. The van der Waals surface area contributed by atoms with Gasteiger partial charge >= 0.3 is 5.97 Å². The maximum atomic E-state index is 11.7. The number of carbonyl (C=O) groups excluding carboxylic acids is 1. The fourth-order valence-corrected chi connectivity index (χ4v) is 1.40. The third-order valence-corrected chi connectivity index (χ3v) is 2.48. The number of carbonyl (C=O) groups is 1. The second-order valence-electron chi connectivity index (χ2n) is 4.54. The maximum absolute atomic E-state index is 11.7. The number of nitrogens with zero attached hydrogens (tertiary/aromatic N) is 1. The Balaban J connectivity index is 2.68. The topological polar surface area (TPSA) is 64.8 Å². The van der Waals surface area contributed by atoms with E-state index >= 15 is 0 Å². The lowest BCUT2D eigenvalue weighted by atomic mass is 10.2. The molecule has 0 aliphatic carbocycles. The summed E-state index contributed by atoms with van der Waals surface area (Å²) in [7, 11) is 3.93. The number of nitrogens with two attached hydrogens (primary N) is 1. The lowest BCUT2D eigenvalue weighted by Gasteiger charge is -2.13. The van der Waals surface area contributed by atoms with Crippen molar-refractivity contribution in [2.45, 2.75) is 13.3 Å². The van der Waals surface area contributed by atoms with E-state index in [4.69, 9.17) is 15.2 Å². The van der Waals surface area contributed by atoms with Crippen LogP contribution in [0.5, 0.6) is 5.75 Å². The Morgan fingerprint density at radius 1 is 1.32 bits per heavy atom. The Kier molecular flexibility index (Phi) is 6.15. The van der Waals surface area contributed by atoms with Crippen LogP contribution in [0.3, 0.4) is 0 Å². The van der Waals surface area contributed by atoms with Gasteiger partial charge in [0.05, 0.1) is 17.9 Å². The van der Waals surface area contributed by atoms with Gasteiger partial charge in [0.1, 0.15) is 12.4 Å². The average Bonchev–Trinajstić information content (AvgIpc) is 2.37. The molecule has 106 valence electrons. The van der Waals surface area contributed by atoms with Crippen LogP contribution in [0.4, 0.5) is 5.69 Å². The van der Waals surface area contributed by atoms with E-state index in [2.05, 4.69) is 0 Å². The summed E-state index contributed by atoms with van der Waals surface area (Å²) >= 11 is 0. The molecule has 0 amide bonds. The predicted octanol–water partition coefficient (Wildman–Crippen LogP) is 1.78. The van der Waals surface area contributed by atoms with Crippen LogP contribution in [0.1, 0.15) is 23.7 Å². The minimum Gasteiger partial charge on any atom is -0.490 e. The minimum absolute atomic E-state index is 0.348. The van der Waals surface area contributed by atoms with Crippen LogP contribution >= 0.6 is 0 Å². The molecule has 0 atom stereocenters. The number of nitrogen functional groups attached to an aromatic ring is 1. The first-order chi connectivity index (χ1) is 9.04. The molecule has 0 saturated carbocycles. The summed E-state index contributed by atoms with van der Waals surface area (Å²) in [5.74, 6) is 0.173. The molecular formula is C14H22N2O3. The molecule has 0 aromatic heterocycles. The highest BCUT2D eigenvalue weighted by Crippen LogP contribution is 2.23. The Morgan fingerprint density at radius 2 is 2.05 bits per heavy atom. The molecule has 1 aromatic carbocycles. The third kappa shape index (κ3) is 5.18. The molecule has 0 spiro atoms. The van der Waals surface area contributed by atoms with Crippen molar-refractivity contribution < 1.29 is 14.3 Å². The zero-order chi connectivity index (χ0) is 14.3. The van der Waals surface area contributed by atoms with Gasteiger partial charge < -0.3 is 20.1 Å². The van der Waals surface area contributed by atoms with Gasteiger partial charge in [-0.15, -0.1) is 0 Å². The van der Waals surface area contributed by atoms with Crippen molar-refractivity contribution in [1.29, 1.82) is 0 Å². The van der Waals surface area contributed by atoms with Crippen LogP contribution in [-0.2, 0) is 4.74 Å². The smallest absolute Gasteiger partial charge is 0.338 e. The number of hydrogen-bond acceptors (Lipinski definition) is 5. The van der Waals surface area contributed by atoms with E-state index in [0.29, 0.717) is 30.2 Å². The number of likely N-dealkylation sites (N-methyl/N-ethyl adjacent to an activating group) is 1. The summed E-state index contributed by atoms with van der Waals surface area (Å²) < 4.78 is 10.6. The van der Waals surface area contributed by atoms with Gasteiger partial charge in [-0.2, -0.15) is 0 Å². The van der Waals surface area contributed by atoms with E-state index in [1.165, 1.54) is 0 Å². The number of hydrogen-bond donors (Lipinski definition) is 1. The molecule has 0 aliphatic rings. The molecule has 0 heterocycles. The third-order valence-electron chi connectivity index (χ3n) is 2.48. The monoisotopic (exact) mass is 266 g/mol. The molecule has 2 N–H and O–H groups in total. The molecule has 0 radical (unpaired) electrons. The lowest BCUT2D eigenvalue weighted by molar-refractivity contribution is 0.0504. The standard InChI is InChI=1S/C14H22N2O3/c1-4-8-19-14(17)11-5-6-12(15)13(10-11)18-9-7-16(2)3/h5-6,10H,4,7-9,15H2,1-3H3. The maximum Gasteiger partial charge on any atom is 0.338 e. The van der Waals surface area contributed by atoms with Crippen LogP contribution < -0.4 is 10.5 Å². The summed E-state index contributed by atoms with van der Waals surface area (Å²) in [6, 6.07) is 4.93. The van der Waals surface area contributed by atoms with Crippen molar-refractivity contribution in [3.63, 3.8) is 0 Å². The van der Waals surface area contributed by atoms with Crippen LogP contribution in [0.25, 0.3) is 0 Å². The molecule has 5 heteroatoms. The molecule has 1 aromatic rings. The molecule has 0 saturated heterocycles. The van der Waals surface area contributed by atoms with Crippen molar-refractivity contribution in [2.24, 2.45) is 0 Å². The van der Waals surface area contributed by atoms with Gasteiger partial charge in [-0.25, -0.2) is 4.79 Å². The Labute approximate surface area is 114 Å². The van der Waals surface area contributed by atoms with E-state index in [1.807, 2.05) is 25.9 Å². The van der Waals surface area contributed by atoms with Crippen molar-refractivity contribution in [3.05, 3.63) is 23.8 Å². The molecule has 0 bridgehead atoms. The lowest BCUT2D eigenvalue weighted by Crippen LogP contribution is -2.19. The van der Waals surface area contributed by atoms with E-state index in [1.54, 1.807) is 18.2 Å². The summed E-state index contributed by atoms with van der Waals surface area (Å²) in [6.07, 6.45) is 0.799. The minimum atomic E-state index is -0.348. The van der Waals surface area contributed by atoms with Gasteiger partial charge in [-0.3, -0.25) is 0 Å². The van der Waals surface area contributed by atoms with Crippen molar-refractivity contribution in [3.8, 4) is 5.75 Å². The van der Waals surface area contributed by atoms with E-state index < -0.39 is 0 Å². The van der Waals surface area contributed by atoms with E-state index in [-0.39, 0.29) is 5.97 Å². The number of ether oxygens (including phenoxy) is 2. The van der Waals surface area contributed by atoms with Crippen LogP contribution in [0.15, 0.2) is 18.2 Å². The van der Waals surface area contributed by atoms with Crippen molar-refractivity contribution in [2.75, 3.05) is 39.6 Å². The van der Waals surface area contributed by atoms with Crippen molar-refractivity contribution in [1.82, 2.24) is 4.90 Å². The first-order valence-electron chi connectivity index (χ1n) is 6.38. The number of benzene rings is 1. The highest BCUT2D eigenvalue weighted by atomic mass is 16.5. The Bertz CT molecular complexity index is 419. The van der Waals surface area contributed by atoms with Gasteiger partial charge in [0.15, 0.2) is 0 Å². The molecular weight excluding hydrogens is 244 g/mol. The van der Waals surface area contributed by atoms with Gasteiger partial charge in [0.2, 0.25) is 0 Å². The zero-order valence-corrected chi connectivity index (χ0v) is 11.8. The SMILES string of the molecule is CCCOC(=O)c1ccc(N)c(OCCN(C)C)c1. The molecule has 5 nitrogen and oxygen atoms in total. The molecule has 1 rings (SSSR count). The molecule has 0 unspecified atom stereocenters. The highest BCUT2D eigenvalue weighted by Gasteiger charge is 2.10. The Hall–Kier alpha value is -1.75. The predicted molar refractivity (Wildman–Crippen MR) is 75.5 cm³/mol. The van der Waals surface area contributed by atoms with Crippen molar-refractivity contribution >= 4 is 11.7 Å². The van der Waals surface area contributed by atoms with Crippen LogP contribution in [0.2, 0.25) is 0 Å². The molecule has 19 heavy (non-hydrogen) atoms. The van der Waals surface area contributed by atoms with E-state index in [9.17, 15) is 4.79 Å². The van der Waals surface area contributed by atoms with Gasteiger partial charge in [-0.1, -0.05) is 6.92 Å². The fourth-order valence-electron chi connectivity index (χ4n) is 1.40. The van der Waals surface area contributed by atoms with E-state index in [0.717, 1.165) is 13.0 Å². The van der Waals surface area contributed by atoms with Gasteiger partial charge in [0.25, 0.3) is 0 Å². The quantitative estimate of drug-likeness (QED) is 0.602. The Morgan fingerprint density at radius 3 is 2.68 bits per heavy atom.